The van der Waals surface area contributed by atoms with Crippen LogP contribution in [-0.2, 0) is 4.74 Å². The smallest absolute Gasteiger partial charge is 0.291 e. The number of hydrogen-bond donors (Lipinski definition) is 1. The van der Waals surface area contributed by atoms with Crippen molar-refractivity contribution in [3.63, 3.8) is 0 Å². The van der Waals surface area contributed by atoms with E-state index in [2.05, 4.69) is 20.5 Å². The zero-order valence-corrected chi connectivity index (χ0v) is 11.3. The first-order valence-electron chi connectivity index (χ1n) is 6.73. The van der Waals surface area contributed by atoms with Crippen molar-refractivity contribution < 1.29 is 9.53 Å². The zero-order chi connectivity index (χ0) is 13.9. The lowest BCUT2D eigenvalue weighted by Gasteiger charge is -2.09. The number of aryl methyl sites for hydroxylation is 1. The van der Waals surface area contributed by atoms with Gasteiger partial charge in [0, 0.05) is 13.2 Å². The normalized spacial score (nSPS) is 18.4. The molecule has 3 rings (SSSR count). The van der Waals surface area contributed by atoms with Crippen LogP contribution in [-0.4, -0.2) is 40.3 Å². The number of benzene rings is 1. The van der Waals surface area contributed by atoms with Crippen molar-refractivity contribution in [2.75, 3.05) is 13.2 Å². The van der Waals surface area contributed by atoms with Crippen molar-refractivity contribution in [1.29, 1.82) is 0 Å². The molecule has 2 heterocycles. The van der Waals surface area contributed by atoms with E-state index in [-0.39, 0.29) is 17.8 Å². The highest BCUT2D eigenvalue weighted by molar-refractivity contribution is 5.91. The number of carbonyl (C=O) groups is 1. The summed E-state index contributed by atoms with van der Waals surface area (Å²) < 4.78 is 5.45. The maximum absolute atomic E-state index is 12.0. The fraction of sp³-hybridized carbons (Fsp3) is 0.429. The van der Waals surface area contributed by atoms with Crippen LogP contribution >= 0.6 is 0 Å². The molecule has 1 amide bonds. The van der Waals surface area contributed by atoms with Gasteiger partial charge in [-0.3, -0.25) is 4.79 Å². The summed E-state index contributed by atoms with van der Waals surface area (Å²) in [5.74, 6) is -0.211. The van der Waals surface area contributed by atoms with Gasteiger partial charge < -0.3 is 10.1 Å². The Morgan fingerprint density at radius 2 is 2.30 bits per heavy atom. The molecule has 0 spiro atoms. The molecule has 1 aliphatic heterocycles. The standard InChI is InChI=1S/C14H16N4O2/c1-9-4-5-11-12(7-9)16-13(18-17-11)14(19)15-8-10-3-2-6-20-10/h4-5,7,10H,2-3,6,8H2,1H3,(H,15,19)/t10-/m1/s1. The number of nitrogens with one attached hydrogen (secondary N) is 1. The third-order valence-electron chi connectivity index (χ3n) is 3.33. The predicted molar refractivity (Wildman–Crippen MR) is 73.4 cm³/mol. The Kier molecular flexibility index (Phi) is 3.56. The monoisotopic (exact) mass is 272 g/mol. The van der Waals surface area contributed by atoms with Gasteiger partial charge >= 0.3 is 0 Å². The first-order valence-corrected chi connectivity index (χ1v) is 6.73. The second-order valence-electron chi connectivity index (χ2n) is 4.97. The Balaban J connectivity index is 1.73. The highest BCUT2D eigenvalue weighted by atomic mass is 16.5. The van der Waals surface area contributed by atoms with Crippen LogP contribution in [0.25, 0.3) is 11.0 Å². The van der Waals surface area contributed by atoms with E-state index in [0.29, 0.717) is 17.6 Å². The number of hydrogen-bond acceptors (Lipinski definition) is 5. The van der Waals surface area contributed by atoms with E-state index in [1.807, 2.05) is 25.1 Å². The van der Waals surface area contributed by atoms with Crippen molar-refractivity contribution >= 4 is 16.9 Å². The molecule has 6 heteroatoms. The van der Waals surface area contributed by atoms with Crippen LogP contribution in [0.3, 0.4) is 0 Å². The van der Waals surface area contributed by atoms with E-state index in [0.717, 1.165) is 25.0 Å². The van der Waals surface area contributed by atoms with Crippen LogP contribution in [0, 0.1) is 6.92 Å². The third-order valence-corrected chi connectivity index (χ3v) is 3.33. The Hall–Kier alpha value is -2.08. The van der Waals surface area contributed by atoms with Gasteiger partial charge in [-0.2, -0.15) is 0 Å². The summed E-state index contributed by atoms with van der Waals surface area (Å²) in [6.07, 6.45) is 2.14. The van der Waals surface area contributed by atoms with E-state index in [1.54, 1.807) is 0 Å². The summed E-state index contributed by atoms with van der Waals surface area (Å²) in [5, 5.41) is 10.7. The number of amides is 1. The van der Waals surface area contributed by atoms with Gasteiger partial charge in [0.15, 0.2) is 0 Å². The van der Waals surface area contributed by atoms with Crippen LogP contribution in [0.4, 0.5) is 0 Å². The number of carbonyl (C=O) groups excluding carboxylic acids is 1. The van der Waals surface area contributed by atoms with E-state index < -0.39 is 0 Å². The van der Waals surface area contributed by atoms with Gasteiger partial charge in [0.05, 0.1) is 11.6 Å². The van der Waals surface area contributed by atoms with Crippen molar-refractivity contribution in [2.24, 2.45) is 0 Å². The highest BCUT2D eigenvalue weighted by Crippen LogP contribution is 2.12. The molecule has 20 heavy (non-hydrogen) atoms. The average molecular weight is 272 g/mol. The molecule has 0 radical (unpaired) electrons. The van der Waals surface area contributed by atoms with Gasteiger partial charge in [-0.25, -0.2) is 4.98 Å². The quantitative estimate of drug-likeness (QED) is 0.909. The molecule has 1 N–H and O–H groups in total. The summed E-state index contributed by atoms with van der Waals surface area (Å²) >= 11 is 0. The first kappa shape index (κ1) is 12.9. The number of fused-ring (bicyclic) bond motifs is 1. The summed E-state index contributed by atoms with van der Waals surface area (Å²) in [4.78, 5) is 16.3. The molecular weight excluding hydrogens is 256 g/mol. The molecule has 0 aliphatic carbocycles. The van der Waals surface area contributed by atoms with Gasteiger partial charge in [-0.1, -0.05) is 6.07 Å². The summed E-state index contributed by atoms with van der Waals surface area (Å²) in [5.41, 5.74) is 2.44. The molecule has 0 saturated carbocycles. The van der Waals surface area contributed by atoms with Gasteiger partial charge in [0.2, 0.25) is 5.82 Å². The Bertz CT molecular complexity index is 638. The maximum Gasteiger partial charge on any atom is 0.291 e. The van der Waals surface area contributed by atoms with Crippen LogP contribution in [0.5, 0.6) is 0 Å². The van der Waals surface area contributed by atoms with Crippen LogP contribution in [0.15, 0.2) is 18.2 Å². The molecule has 1 aliphatic rings. The third kappa shape index (κ3) is 2.75. The lowest BCUT2D eigenvalue weighted by atomic mass is 10.2. The fourth-order valence-corrected chi connectivity index (χ4v) is 2.23. The Labute approximate surface area is 116 Å². The molecule has 2 aromatic rings. The van der Waals surface area contributed by atoms with Gasteiger partial charge in [0.25, 0.3) is 5.91 Å². The van der Waals surface area contributed by atoms with Crippen molar-refractivity contribution in [3.8, 4) is 0 Å². The predicted octanol–water partition coefficient (Wildman–Crippen LogP) is 1.24. The molecule has 1 aromatic heterocycles. The Morgan fingerprint density at radius 1 is 1.40 bits per heavy atom. The fourth-order valence-electron chi connectivity index (χ4n) is 2.23. The van der Waals surface area contributed by atoms with Crippen LogP contribution < -0.4 is 5.32 Å². The summed E-state index contributed by atoms with van der Waals surface area (Å²) in [6, 6.07) is 5.68. The molecule has 6 nitrogen and oxygen atoms in total. The van der Waals surface area contributed by atoms with Crippen molar-refractivity contribution in [3.05, 3.63) is 29.6 Å². The first-order chi connectivity index (χ1) is 9.72. The Morgan fingerprint density at radius 3 is 3.10 bits per heavy atom. The number of rotatable bonds is 3. The topological polar surface area (TPSA) is 77.0 Å². The van der Waals surface area contributed by atoms with Gasteiger partial charge in [-0.05, 0) is 37.5 Å². The molecule has 1 aromatic carbocycles. The molecule has 1 saturated heterocycles. The van der Waals surface area contributed by atoms with E-state index in [9.17, 15) is 4.79 Å². The zero-order valence-electron chi connectivity index (χ0n) is 11.3. The highest BCUT2D eigenvalue weighted by Gasteiger charge is 2.18. The van der Waals surface area contributed by atoms with Gasteiger partial charge in [-0.15, -0.1) is 10.2 Å². The molecule has 104 valence electrons. The van der Waals surface area contributed by atoms with Crippen molar-refractivity contribution in [2.45, 2.75) is 25.9 Å². The second kappa shape index (κ2) is 5.50. The van der Waals surface area contributed by atoms with Crippen LogP contribution in [0.1, 0.15) is 29.0 Å². The number of nitrogens with zero attached hydrogens (tertiary/aromatic N) is 3. The molecule has 1 fully saturated rings. The molecule has 0 unspecified atom stereocenters. The summed E-state index contributed by atoms with van der Waals surface area (Å²) in [7, 11) is 0. The minimum atomic E-state index is -0.309. The van der Waals surface area contributed by atoms with Gasteiger partial charge in [0.1, 0.15) is 5.52 Å². The number of aromatic nitrogens is 3. The van der Waals surface area contributed by atoms with Crippen molar-refractivity contribution in [1.82, 2.24) is 20.5 Å². The molecular formula is C14H16N4O2. The van der Waals surface area contributed by atoms with E-state index >= 15 is 0 Å². The van der Waals surface area contributed by atoms with Crippen LogP contribution in [0.2, 0.25) is 0 Å². The second-order valence-corrected chi connectivity index (χ2v) is 4.97. The largest absolute Gasteiger partial charge is 0.376 e. The average Bonchev–Trinajstić information content (AvgIpc) is 2.97. The van der Waals surface area contributed by atoms with E-state index in [4.69, 9.17) is 4.74 Å². The lowest BCUT2D eigenvalue weighted by molar-refractivity contribution is 0.0848. The lowest BCUT2D eigenvalue weighted by Crippen LogP contribution is -2.33. The number of ether oxygens (including phenoxy) is 1. The molecule has 1 atom stereocenters. The minimum Gasteiger partial charge on any atom is -0.376 e. The summed E-state index contributed by atoms with van der Waals surface area (Å²) in [6.45, 7) is 3.24. The molecule has 0 bridgehead atoms. The maximum atomic E-state index is 12.0. The minimum absolute atomic E-state index is 0.0982. The van der Waals surface area contributed by atoms with E-state index in [1.165, 1.54) is 0 Å². The SMILES string of the molecule is Cc1ccc2nnc(C(=O)NC[C@H]3CCCO3)nc2c1.